The van der Waals surface area contributed by atoms with Crippen molar-refractivity contribution < 1.29 is 24.3 Å². The lowest BCUT2D eigenvalue weighted by Crippen LogP contribution is -2.57. The van der Waals surface area contributed by atoms with Crippen LogP contribution in [-0.4, -0.2) is 87.9 Å². The molecule has 2 heterocycles. The lowest BCUT2D eigenvalue weighted by molar-refractivity contribution is -0.143. The molecule has 0 aliphatic carbocycles. The summed E-state index contributed by atoms with van der Waals surface area (Å²) in [7, 11) is 0. The van der Waals surface area contributed by atoms with Crippen molar-refractivity contribution in [1.82, 2.24) is 20.5 Å². The minimum atomic E-state index is -1.15. The molecule has 1 aliphatic heterocycles. The van der Waals surface area contributed by atoms with Gasteiger partial charge in [0.2, 0.25) is 17.7 Å². The number of unbranched alkanes of at least 4 members (excludes halogenated alkanes) is 1. The molecular weight excluding hydrogens is 520 g/mol. The Bertz CT molecular complexity index is 1140. The number of aliphatic carboxylic acids is 1. The predicted octanol–water partition coefficient (Wildman–Crippen LogP) is 0.965. The highest BCUT2D eigenvalue weighted by molar-refractivity contribution is 7.98. The van der Waals surface area contributed by atoms with E-state index in [0.717, 1.165) is 22.2 Å². The molecule has 4 unspecified atom stereocenters. The Hall–Kier alpha value is -3.09. The van der Waals surface area contributed by atoms with Gasteiger partial charge in [-0.2, -0.15) is 11.8 Å². The lowest BCUT2D eigenvalue weighted by atomic mass is 10.0. The van der Waals surface area contributed by atoms with Crippen LogP contribution in [0.1, 0.15) is 44.1 Å². The van der Waals surface area contributed by atoms with Crippen molar-refractivity contribution in [2.45, 2.75) is 69.1 Å². The van der Waals surface area contributed by atoms with Gasteiger partial charge in [-0.25, -0.2) is 4.79 Å². The summed E-state index contributed by atoms with van der Waals surface area (Å²) in [4.78, 5) is 56.4. The Morgan fingerprint density at radius 1 is 1.15 bits per heavy atom. The number of aromatic nitrogens is 1. The standard InChI is InChI=1S/C27H40N6O5S/c1-39-14-11-19(29)26(36)33-13-6-10-23(33)25(35)32-22(15-17-16-30-20-8-3-2-7-18(17)20)24(34)31-21(27(37)38)9-4-5-12-28/h2-3,7-8,16,19,21-23,30H,4-6,9-15,28-29H2,1H3,(H,31,34)(H,32,35)(H,37,38). The third-order valence-corrected chi connectivity index (χ3v) is 7.73. The van der Waals surface area contributed by atoms with E-state index >= 15 is 0 Å². The molecule has 12 heteroatoms. The number of amides is 3. The number of thioether (sulfide) groups is 1. The average Bonchev–Trinajstić information content (AvgIpc) is 3.58. The molecule has 4 atom stereocenters. The molecule has 0 spiro atoms. The monoisotopic (exact) mass is 560 g/mol. The van der Waals surface area contributed by atoms with Gasteiger partial charge in [-0.3, -0.25) is 14.4 Å². The summed E-state index contributed by atoms with van der Waals surface area (Å²) in [5.41, 5.74) is 13.3. The van der Waals surface area contributed by atoms with E-state index in [1.165, 1.54) is 4.90 Å². The zero-order valence-electron chi connectivity index (χ0n) is 22.4. The molecule has 3 amide bonds. The van der Waals surface area contributed by atoms with Crippen LogP contribution in [0.25, 0.3) is 10.9 Å². The molecule has 0 saturated carbocycles. The highest BCUT2D eigenvalue weighted by atomic mass is 32.2. The maximum absolute atomic E-state index is 13.5. The van der Waals surface area contributed by atoms with Gasteiger partial charge in [-0.1, -0.05) is 18.2 Å². The largest absolute Gasteiger partial charge is 0.480 e. The minimum Gasteiger partial charge on any atom is -0.480 e. The number of benzene rings is 1. The summed E-state index contributed by atoms with van der Waals surface area (Å²) in [6.45, 7) is 0.850. The molecule has 1 aliphatic rings. The summed E-state index contributed by atoms with van der Waals surface area (Å²) < 4.78 is 0. The molecule has 1 saturated heterocycles. The lowest BCUT2D eigenvalue weighted by Gasteiger charge is -2.28. The summed E-state index contributed by atoms with van der Waals surface area (Å²) in [6.07, 6.45) is 6.90. The topological polar surface area (TPSA) is 184 Å². The van der Waals surface area contributed by atoms with Crippen LogP contribution < -0.4 is 22.1 Å². The summed E-state index contributed by atoms with van der Waals surface area (Å²) in [6, 6.07) is 4.01. The van der Waals surface area contributed by atoms with E-state index in [1.807, 2.05) is 30.5 Å². The fraction of sp³-hybridized carbons (Fsp3) is 0.556. The highest BCUT2D eigenvalue weighted by Crippen LogP contribution is 2.22. The molecule has 8 N–H and O–H groups in total. The zero-order chi connectivity index (χ0) is 28.4. The number of nitrogens with one attached hydrogen (secondary N) is 3. The second-order valence-electron chi connectivity index (χ2n) is 9.89. The average molecular weight is 561 g/mol. The molecule has 1 fully saturated rings. The molecule has 0 bridgehead atoms. The van der Waals surface area contributed by atoms with Gasteiger partial charge in [0.05, 0.1) is 6.04 Å². The Labute approximate surface area is 232 Å². The number of H-pyrrole nitrogens is 1. The van der Waals surface area contributed by atoms with Crippen molar-refractivity contribution in [2.24, 2.45) is 11.5 Å². The van der Waals surface area contributed by atoms with Crippen LogP contribution in [-0.2, 0) is 25.6 Å². The van der Waals surface area contributed by atoms with E-state index in [1.54, 1.807) is 18.0 Å². The number of carboxylic acid groups (broad SMARTS) is 1. The van der Waals surface area contributed by atoms with Crippen molar-refractivity contribution in [3.05, 3.63) is 36.0 Å². The van der Waals surface area contributed by atoms with Crippen LogP contribution in [0.15, 0.2) is 30.5 Å². The molecule has 2 aromatic rings. The van der Waals surface area contributed by atoms with E-state index in [9.17, 15) is 24.3 Å². The van der Waals surface area contributed by atoms with Gasteiger partial charge in [0.15, 0.2) is 0 Å². The van der Waals surface area contributed by atoms with Crippen molar-refractivity contribution in [3.63, 3.8) is 0 Å². The molecule has 1 aromatic carbocycles. The Balaban J connectivity index is 1.79. The highest BCUT2D eigenvalue weighted by Gasteiger charge is 2.38. The summed E-state index contributed by atoms with van der Waals surface area (Å²) in [5.74, 6) is -1.73. The number of hydrogen-bond donors (Lipinski definition) is 6. The Kier molecular flexibility index (Phi) is 11.6. The van der Waals surface area contributed by atoms with Crippen LogP contribution in [0.3, 0.4) is 0 Å². The number of aromatic amines is 1. The first-order valence-corrected chi connectivity index (χ1v) is 14.8. The first kappa shape index (κ1) is 30.5. The Morgan fingerprint density at radius 2 is 1.92 bits per heavy atom. The van der Waals surface area contributed by atoms with E-state index in [4.69, 9.17) is 11.5 Å². The number of nitrogens with zero attached hydrogens (tertiary/aromatic N) is 1. The normalized spacial score (nSPS) is 17.5. The number of para-hydroxylation sites is 1. The van der Waals surface area contributed by atoms with Gasteiger partial charge < -0.3 is 37.1 Å². The second-order valence-corrected chi connectivity index (χ2v) is 10.9. The van der Waals surface area contributed by atoms with E-state index < -0.39 is 42.0 Å². The number of hydrogen-bond acceptors (Lipinski definition) is 7. The number of carbonyl (C=O) groups is 4. The van der Waals surface area contributed by atoms with E-state index in [0.29, 0.717) is 45.2 Å². The van der Waals surface area contributed by atoms with Crippen molar-refractivity contribution in [3.8, 4) is 0 Å². The summed E-state index contributed by atoms with van der Waals surface area (Å²) >= 11 is 1.60. The fourth-order valence-electron chi connectivity index (χ4n) is 4.90. The Morgan fingerprint density at radius 3 is 2.64 bits per heavy atom. The molecule has 214 valence electrons. The maximum atomic E-state index is 13.5. The quantitative estimate of drug-likeness (QED) is 0.174. The van der Waals surface area contributed by atoms with Gasteiger partial charge in [-0.05, 0) is 68.7 Å². The van der Waals surface area contributed by atoms with Gasteiger partial charge in [0.1, 0.15) is 18.1 Å². The van der Waals surface area contributed by atoms with Crippen molar-refractivity contribution in [1.29, 1.82) is 0 Å². The van der Waals surface area contributed by atoms with Crippen LogP contribution in [0, 0.1) is 0 Å². The summed E-state index contributed by atoms with van der Waals surface area (Å²) in [5, 5.41) is 16.0. The first-order chi connectivity index (χ1) is 18.8. The number of likely N-dealkylation sites (tertiary alicyclic amines) is 1. The van der Waals surface area contributed by atoms with Crippen LogP contribution in [0.5, 0.6) is 0 Å². The van der Waals surface area contributed by atoms with Gasteiger partial charge in [-0.15, -0.1) is 0 Å². The molecule has 0 radical (unpaired) electrons. The minimum absolute atomic E-state index is 0.143. The molecule has 11 nitrogen and oxygen atoms in total. The molecule has 1 aromatic heterocycles. The van der Waals surface area contributed by atoms with E-state index in [-0.39, 0.29) is 18.7 Å². The maximum Gasteiger partial charge on any atom is 0.326 e. The van der Waals surface area contributed by atoms with Crippen LogP contribution in [0.2, 0.25) is 0 Å². The second kappa shape index (κ2) is 14.9. The van der Waals surface area contributed by atoms with Crippen molar-refractivity contribution >= 4 is 46.4 Å². The number of fused-ring (bicyclic) bond motifs is 1. The predicted molar refractivity (Wildman–Crippen MR) is 152 cm³/mol. The number of carboxylic acids is 1. The zero-order valence-corrected chi connectivity index (χ0v) is 23.2. The molecular formula is C27H40N6O5S. The number of carbonyl (C=O) groups excluding carboxylic acids is 3. The van der Waals surface area contributed by atoms with Crippen LogP contribution in [0.4, 0.5) is 0 Å². The molecule has 3 rings (SSSR count). The third kappa shape index (κ3) is 8.20. The van der Waals surface area contributed by atoms with Crippen LogP contribution >= 0.6 is 11.8 Å². The number of rotatable bonds is 15. The third-order valence-electron chi connectivity index (χ3n) is 7.08. The smallest absolute Gasteiger partial charge is 0.326 e. The van der Waals surface area contributed by atoms with E-state index in [2.05, 4.69) is 15.6 Å². The molecule has 39 heavy (non-hydrogen) atoms. The number of nitrogens with two attached hydrogens (primary N) is 2. The fourth-order valence-corrected chi connectivity index (χ4v) is 5.39. The first-order valence-electron chi connectivity index (χ1n) is 13.4. The van der Waals surface area contributed by atoms with Gasteiger partial charge in [0, 0.05) is 30.1 Å². The van der Waals surface area contributed by atoms with Gasteiger partial charge >= 0.3 is 5.97 Å². The SMILES string of the molecule is CSCCC(N)C(=O)N1CCCC1C(=O)NC(Cc1c[nH]c2ccccc12)C(=O)NC(CCCCN)C(=O)O. The van der Waals surface area contributed by atoms with Gasteiger partial charge in [0.25, 0.3) is 0 Å². The van der Waals surface area contributed by atoms with Crippen molar-refractivity contribution in [2.75, 3.05) is 25.1 Å².